The van der Waals surface area contributed by atoms with Crippen LogP contribution in [0.2, 0.25) is 0 Å². The molecule has 13 heteroatoms. The molecule has 1 unspecified atom stereocenters. The Kier molecular flexibility index (Phi) is 4.61. The predicted octanol–water partition coefficient (Wildman–Crippen LogP) is 4.75. The molecule has 122 valence electrons. The summed E-state index contributed by atoms with van der Waals surface area (Å²) in [4.78, 5) is 0. The van der Waals surface area contributed by atoms with Gasteiger partial charge in [-0.3, -0.25) is 0 Å². The average molecular weight is 334 g/mol. The van der Waals surface area contributed by atoms with Gasteiger partial charge >= 0.3 is 30.1 Å². The van der Waals surface area contributed by atoms with Crippen LogP contribution in [0.15, 0.2) is 0 Å². The summed E-state index contributed by atoms with van der Waals surface area (Å²) in [6.07, 6.45) is -21.3. The molecule has 0 radical (unpaired) electrons. The van der Waals surface area contributed by atoms with Crippen molar-refractivity contribution in [3.8, 4) is 0 Å². The molecule has 0 fully saturated rings. The largest absolute Gasteiger partial charge is 0.460 e. The minimum Gasteiger partial charge on any atom is -0.240 e. The molecule has 0 N–H and O–H groups in total. The lowest BCUT2D eigenvalue weighted by atomic mass is 9.98. The van der Waals surface area contributed by atoms with Crippen LogP contribution in [0.3, 0.4) is 0 Å². The van der Waals surface area contributed by atoms with Gasteiger partial charge in [-0.2, -0.15) is 52.7 Å². The molecule has 1 atom stereocenters. The van der Waals surface area contributed by atoms with Crippen LogP contribution in [0.1, 0.15) is 6.42 Å². The zero-order valence-corrected chi connectivity index (χ0v) is 8.70. The molecule has 0 bridgehead atoms. The second-order valence-corrected chi connectivity index (χ2v) is 3.56. The number of alkyl halides is 13. The van der Waals surface area contributed by atoms with Gasteiger partial charge < -0.3 is 0 Å². The van der Waals surface area contributed by atoms with Crippen molar-refractivity contribution in [2.45, 2.75) is 42.7 Å². The summed E-state index contributed by atoms with van der Waals surface area (Å²) in [7, 11) is 0. The van der Waals surface area contributed by atoms with Gasteiger partial charge in [-0.05, 0) is 0 Å². The third-order valence-corrected chi connectivity index (χ3v) is 1.97. The maximum absolute atomic E-state index is 12.5. The van der Waals surface area contributed by atoms with Crippen molar-refractivity contribution in [3.63, 3.8) is 0 Å². The Hall–Kier alpha value is -0.910. The number of hydrogen-bond acceptors (Lipinski definition) is 0. The van der Waals surface area contributed by atoms with Gasteiger partial charge in [0.25, 0.3) is 0 Å². The summed E-state index contributed by atoms with van der Waals surface area (Å²) in [5.74, 6) is -21.7. The minimum atomic E-state index is -7.42. The van der Waals surface area contributed by atoms with Crippen molar-refractivity contribution in [1.82, 2.24) is 0 Å². The van der Waals surface area contributed by atoms with Crippen molar-refractivity contribution in [3.05, 3.63) is 0 Å². The van der Waals surface area contributed by atoms with Crippen molar-refractivity contribution in [2.24, 2.45) is 0 Å². The molecule has 0 aliphatic rings. The Morgan fingerprint density at radius 3 is 1.20 bits per heavy atom. The van der Waals surface area contributed by atoms with E-state index in [9.17, 15) is 57.1 Å². The molecule has 0 aliphatic carbocycles. The normalized spacial score (nSPS) is 17.2. The molecule has 0 aromatic heterocycles. The van der Waals surface area contributed by atoms with Gasteiger partial charge in [-0.1, -0.05) is 0 Å². The summed E-state index contributed by atoms with van der Waals surface area (Å²) in [5.41, 5.74) is 0. The van der Waals surface area contributed by atoms with Gasteiger partial charge in [0.05, 0.1) is 6.42 Å². The second-order valence-electron chi connectivity index (χ2n) is 3.56. The number of halogens is 13. The molecular weight excluding hydrogens is 331 g/mol. The second kappa shape index (κ2) is 4.83. The topological polar surface area (TPSA) is 0 Å². The average Bonchev–Trinajstić information content (AvgIpc) is 2.12. The summed E-state index contributed by atoms with van der Waals surface area (Å²) in [5, 5.41) is 0. The van der Waals surface area contributed by atoms with Crippen LogP contribution in [0.5, 0.6) is 0 Å². The SMILES string of the molecule is FC(CC(F)(F)F)C(F)(F)C(F)(F)C(F)(F)C(F)(F)F. The van der Waals surface area contributed by atoms with E-state index in [4.69, 9.17) is 0 Å². The van der Waals surface area contributed by atoms with Crippen LogP contribution in [-0.4, -0.2) is 36.3 Å². The van der Waals surface area contributed by atoms with Crippen LogP contribution >= 0.6 is 0 Å². The van der Waals surface area contributed by atoms with E-state index in [-0.39, 0.29) is 0 Å². The molecule has 0 saturated carbocycles. The first-order valence-electron chi connectivity index (χ1n) is 4.29. The van der Waals surface area contributed by atoms with Gasteiger partial charge in [0.15, 0.2) is 6.17 Å². The van der Waals surface area contributed by atoms with E-state index in [1.165, 1.54) is 0 Å². The van der Waals surface area contributed by atoms with E-state index >= 15 is 0 Å². The van der Waals surface area contributed by atoms with Gasteiger partial charge in [-0.25, -0.2) is 4.39 Å². The number of rotatable bonds is 4. The Bertz CT molecular complexity index is 334. The van der Waals surface area contributed by atoms with Crippen molar-refractivity contribution < 1.29 is 57.1 Å². The Balaban J connectivity index is 5.58. The molecule has 0 aromatic carbocycles. The minimum absolute atomic E-state index is 3.32. The Morgan fingerprint density at radius 1 is 0.600 bits per heavy atom. The zero-order valence-electron chi connectivity index (χ0n) is 8.70. The van der Waals surface area contributed by atoms with E-state index in [2.05, 4.69) is 0 Å². The molecule has 0 saturated heterocycles. The van der Waals surface area contributed by atoms with Crippen molar-refractivity contribution in [1.29, 1.82) is 0 Å². The molecule has 0 rings (SSSR count). The summed E-state index contributed by atoms with van der Waals surface area (Å²) < 4.78 is 156. The van der Waals surface area contributed by atoms with Gasteiger partial charge in [-0.15, -0.1) is 0 Å². The predicted molar refractivity (Wildman–Crippen MR) is 36.5 cm³/mol. The van der Waals surface area contributed by atoms with Crippen LogP contribution in [0, 0.1) is 0 Å². The molecule has 0 heterocycles. The van der Waals surface area contributed by atoms with Gasteiger partial charge in [0.2, 0.25) is 0 Å². The maximum Gasteiger partial charge on any atom is 0.460 e. The summed E-state index contributed by atoms with van der Waals surface area (Å²) >= 11 is 0. The van der Waals surface area contributed by atoms with E-state index in [0.717, 1.165) is 0 Å². The zero-order chi connectivity index (χ0) is 16.8. The van der Waals surface area contributed by atoms with Crippen molar-refractivity contribution in [2.75, 3.05) is 0 Å². The highest BCUT2D eigenvalue weighted by Crippen LogP contribution is 2.55. The lowest BCUT2D eigenvalue weighted by Gasteiger charge is -2.35. The molecule has 0 nitrogen and oxygen atoms in total. The highest BCUT2D eigenvalue weighted by molar-refractivity contribution is 5.03. The van der Waals surface area contributed by atoms with Crippen LogP contribution in [0.25, 0.3) is 0 Å². The van der Waals surface area contributed by atoms with Gasteiger partial charge in [0.1, 0.15) is 0 Å². The van der Waals surface area contributed by atoms with Crippen LogP contribution in [-0.2, 0) is 0 Å². The Morgan fingerprint density at radius 2 is 0.950 bits per heavy atom. The summed E-state index contributed by atoms with van der Waals surface area (Å²) in [6.45, 7) is 0. The van der Waals surface area contributed by atoms with Crippen molar-refractivity contribution >= 4 is 0 Å². The van der Waals surface area contributed by atoms with E-state index in [1.807, 2.05) is 0 Å². The number of hydrogen-bond donors (Lipinski definition) is 0. The third kappa shape index (κ3) is 3.22. The lowest BCUT2D eigenvalue weighted by Crippen LogP contribution is -2.64. The van der Waals surface area contributed by atoms with E-state index < -0.39 is 42.7 Å². The van der Waals surface area contributed by atoms with Gasteiger partial charge in [0, 0.05) is 0 Å². The smallest absolute Gasteiger partial charge is 0.240 e. The Labute approximate surface area is 101 Å². The fourth-order valence-electron chi connectivity index (χ4n) is 0.915. The lowest BCUT2D eigenvalue weighted by molar-refractivity contribution is -0.404. The monoisotopic (exact) mass is 334 g/mol. The third-order valence-electron chi connectivity index (χ3n) is 1.97. The molecular formula is C7H3F13. The molecule has 0 aliphatic heterocycles. The van der Waals surface area contributed by atoms with Crippen LogP contribution in [0.4, 0.5) is 57.1 Å². The molecule has 0 spiro atoms. The first-order chi connectivity index (χ1) is 8.38. The first-order valence-corrected chi connectivity index (χ1v) is 4.29. The van der Waals surface area contributed by atoms with E-state index in [0.29, 0.717) is 0 Å². The quantitative estimate of drug-likeness (QED) is 0.651. The fraction of sp³-hybridized carbons (Fsp3) is 1.00. The maximum atomic E-state index is 12.5. The summed E-state index contributed by atoms with van der Waals surface area (Å²) in [6, 6.07) is 0. The first kappa shape index (κ1) is 19.1. The standard InChI is InChI=1S/C7H3F13/c8-2(1-3(9,10)11)4(12,13)5(14,15)6(16,17)7(18,19)20/h2H,1H2. The molecule has 0 aromatic rings. The highest BCUT2D eigenvalue weighted by atomic mass is 19.4. The van der Waals surface area contributed by atoms with Crippen LogP contribution < -0.4 is 0 Å². The van der Waals surface area contributed by atoms with E-state index in [1.54, 1.807) is 0 Å². The molecule has 20 heavy (non-hydrogen) atoms. The molecule has 0 amide bonds. The highest BCUT2D eigenvalue weighted by Gasteiger charge is 2.83. The fourth-order valence-corrected chi connectivity index (χ4v) is 0.915.